The minimum Gasteiger partial charge on any atom is -0.383 e. The fraction of sp³-hybridized carbons (Fsp3) is 0.625. The number of halogens is 1. The van der Waals surface area contributed by atoms with Gasteiger partial charge in [-0.3, -0.25) is 0 Å². The van der Waals surface area contributed by atoms with Crippen molar-refractivity contribution in [3.8, 4) is 0 Å². The molecule has 112 valence electrons. The van der Waals surface area contributed by atoms with E-state index in [0.717, 1.165) is 43.7 Å². The van der Waals surface area contributed by atoms with Gasteiger partial charge in [0.05, 0.1) is 6.61 Å². The monoisotopic (exact) mass is 296 g/mol. The topological polar surface area (TPSA) is 24.5 Å². The molecule has 0 bridgehead atoms. The molecule has 1 fully saturated rings. The van der Waals surface area contributed by atoms with Gasteiger partial charge in [-0.1, -0.05) is 24.6 Å². The molecule has 1 aliphatic rings. The molecule has 1 aromatic rings. The fourth-order valence-corrected chi connectivity index (χ4v) is 2.89. The fourth-order valence-electron chi connectivity index (χ4n) is 2.66. The van der Waals surface area contributed by atoms with Crippen molar-refractivity contribution < 1.29 is 4.74 Å². The third kappa shape index (κ3) is 4.11. The summed E-state index contributed by atoms with van der Waals surface area (Å²) in [5.41, 5.74) is 2.49. The maximum absolute atomic E-state index is 6.39. The van der Waals surface area contributed by atoms with Gasteiger partial charge in [0.1, 0.15) is 0 Å². The van der Waals surface area contributed by atoms with Gasteiger partial charge in [-0.25, -0.2) is 0 Å². The van der Waals surface area contributed by atoms with E-state index in [1.54, 1.807) is 7.11 Å². The van der Waals surface area contributed by atoms with E-state index in [-0.39, 0.29) is 0 Å². The summed E-state index contributed by atoms with van der Waals surface area (Å²) in [6.07, 6.45) is 2.53. The molecule has 1 aromatic carbocycles. The van der Waals surface area contributed by atoms with Crippen LogP contribution >= 0.6 is 11.6 Å². The van der Waals surface area contributed by atoms with Crippen LogP contribution in [0.4, 0.5) is 5.69 Å². The number of hydrogen-bond donors (Lipinski definition) is 1. The number of piperidine rings is 1. The standard InChI is InChI=1S/C16H25ClN2O/c1-13-6-9-19(10-7-13)16-5-3-4-15(17)14(16)12-18-8-11-20-2/h3-5,13,18H,6-12H2,1-2H3. The first-order valence-corrected chi connectivity index (χ1v) is 7.82. The Morgan fingerprint density at radius 3 is 2.80 bits per heavy atom. The van der Waals surface area contributed by atoms with Crippen molar-refractivity contribution in [2.45, 2.75) is 26.3 Å². The summed E-state index contributed by atoms with van der Waals surface area (Å²) in [5, 5.41) is 4.25. The Hall–Kier alpha value is -0.770. The zero-order valence-electron chi connectivity index (χ0n) is 12.5. The van der Waals surface area contributed by atoms with Crippen molar-refractivity contribution in [2.75, 3.05) is 38.3 Å². The molecule has 0 saturated carbocycles. The number of nitrogens with zero attached hydrogens (tertiary/aromatic N) is 1. The zero-order valence-corrected chi connectivity index (χ0v) is 13.2. The van der Waals surface area contributed by atoms with Gasteiger partial charge in [0, 0.05) is 49.6 Å². The maximum atomic E-state index is 6.39. The molecule has 1 heterocycles. The number of benzene rings is 1. The Morgan fingerprint density at radius 1 is 1.35 bits per heavy atom. The van der Waals surface area contributed by atoms with Gasteiger partial charge < -0.3 is 15.0 Å². The molecule has 0 spiro atoms. The highest BCUT2D eigenvalue weighted by atomic mass is 35.5. The first-order valence-electron chi connectivity index (χ1n) is 7.44. The van der Waals surface area contributed by atoms with Crippen LogP contribution < -0.4 is 10.2 Å². The molecule has 1 saturated heterocycles. The number of nitrogens with one attached hydrogen (secondary N) is 1. The molecule has 0 atom stereocenters. The number of rotatable bonds is 6. The van der Waals surface area contributed by atoms with Crippen molar-refractivity contribution in [1.29, 1.82) is 0 Å². The van der Waals surface area contributed by atoms with Gasteiger partial charge in [-0.2, -0.15) is 0 Å². The van der Waals surface area contributed by atoms with E-state index in [9.17, 15) is 0 Å². The first kappa shape index (κ1) is 15.6. The second kappa shape index (κ2) is 7.87. The van der Waals surface area contributed by atoms with Crippen LogP contribution in [0.25, 0.3) is 0 Å². The third-order valence-electron chi connectivity index (χ3n) is 4.00. The van der Waals surface area contributed by atoms with Crippen LogP contribution in [0, 0.1) is 5.92 Å². The predicted molar refractivity (Wildman–Crippen MR) is 85.6 cm³/mol. The number of anilines is 1. The number of hydrogen-bond acceptors (Lipinski definition) is 3. The van der Waals surface area contributed by atoms with Gasteiger partial charge in [-0.05, 0) is 30.9 Å². The Balaban J connectivity index is 2.05. The number of methoxy groups -OCH3 is 1. The lowest BCUT2D eigenvalue weighted by atomic mass is 9.98. The van der Waals surface area contributed by atoms with E-state index in [0.29, 0.717) is 0 Å². The molecule has 20 heavy (non-hydrogen) atoms. The average Bonchev–Trinajstić information content (AvgIpc) is 2.46. The lowest BCUT2D eigenvalue weighted by Gasteiger charge is -2.33. The van der Waals surface area contributed by atoms with E-state index in [2.05, 4.69) is 23.2 Å². The molecular weight excluding hydrogens is 272 g/mol. The van der Waals surface area contributed by atoms with Crippen molar-refractivity contribution in [3.63, 3.8) is 0 Å². The van der Waals surface area contributed by atoms with Crippen molar-refractivity contribution >= 4 is 17.3 Å². The molecule has 2 rings (SSSR count). The molecule has 1 aliphatic heterocycles. The third-order valence-corrected chi connectivity index (χ3v) is 4.36. The van der Waals surface area contributed by atoms with E-state index in [1.807, 2.05) is 12.1 Å². The van der Waals surface area contributed by atoms with Gasteiger partial charge in [0.15, 0.2) is 0 Å². The Bertz CT molecular complexity index is 417. The largest absolute Gasteiger partial charge is 0.383 e. The quantitative estimate of drug-likeness (QED) is 0.815. The Labute approximate surface area is 127 Å². The summed E-state index contributed by atoms with van der Waals surface area (Å²) >= 11 is 6.39. The SMILES string of the molecule is COCCNCc1c(Cl)cccc1N1CCC(C)CC1. The highest BCUT2D eigenvalue weighted by molar-refractivity contribution is 6.31. The van der Waals surface area contributed by atoms with Crippen LogP contribution in [0.3, 0.4) is 0 Å². The summed E-state index contributed by atoms with van der Waals surface area (Å²) in [7, 11) is 1.72. The zero-order chi connectivity index (χ0) is 14.4. The Morgan fingerprint density at radius 2 is 2.10 bits per heavy atom. The van der Waals surface area contributed by atoms with E-state index in [1.165, 1.54) is 24.1 Å². The molecule has 0 aromatic heterocycles. The van der Waals surface area contributed by atoms with Crippen LogP contribution in [-0.2, 0) is 11.3 Å². The lowest BCUT2D eigenvalue weighted by molar-refractivity contribution is 0.199. The summed E-state index contributed by atoms with van der Waals surface area (Å²) in [4.78, 5) is 2.47. The lowest BCUT2D eigenvalue weighted by Crippen LogP contribution is -2.34. The van der Waals surface area contributed by atoms with Crippen LogP contribution in [0.1, 0.15) is 25.3 Å². The van der Waals surface area contributed by atoms with Gasteiger partial charge in [0.2, 0.25) is 0 Å². The Kier molecular flexibility index (Phi) is 6.14. The summed E-state index contributed by atoms with van der Waals surface area (Å²) in [6.45, 7) is 6.96. The molecular formula is C16H25ClN2O. The highest BCUT2D eigenvalue weighted by Crippen LogP contribution is 2.30. The van der Waals surface area contributed by atoms with Crippen molar-refractivity contribution in [2.24, 2.45) is 5.92 Å². The van der Waals surface area contributed by atoms with Crippen LogP contribution in [-0.4, -0.2) is 33.4 Å². The average molecular weight is 297 g/mol. The predicted octanol–water partition coefficient (Wildman–Crippen LogP) is 3.31. The van der Waals surface area contributed by atoms with Crippen molar-refractivity contribution in [1.82, 2.24) is 5.32 Å². The summed E-state index contributed by atoms with van der Waals surface area (Å²) < 4.78 is 5.06. The van der Waals surface area contributed by atoms with Crippen LogP contribution in [0.2, 0.25) is 5.02 Å². The second-order valence-corrected chi connectivity index (χ2v) is 5.98. The molecule has 0 unspecified atom stereocenters. The van der Waals surface area contributed by atoms with Gasteiger partial charge >= 0.3 is 0 Å². The minimum atomic E-state index is 0.723. The second-order valence-electron chi connectivity index (χ2n) is 5.58. The first-order chi connectivity index (χ1) is 9.72. The van der Waals surface area contributed by atoms with Crippen molar-refractivity contribution in [3.05, 3.63) is 28.8 Å². The van der Waals surface area contributed by atoms with Gasteiger partial charge in [0.25, 0.3) is 0 Å². The molecule has 0 radical (unpaired) electrons. The van der Waals surface area contributed by atoms with E-state index >= 15 is 0 Å². The molecule has 4 heteroatoms. The highest BCUT2D eigenvalue weighted by Gasteiger charge is 2.19. The van der Waals surface area contributed by atoms with E-state index < -0.39 is 0 Å². The summed E-state index contributed by atoms with van der Waals surface area (Å²) in [5.74, 6) is 0.841. The summed E-state index contributed by atoms with van der Waals surface area (Å²) in [6, 6.07) is 6.22. The van der Waals surface area contributed by atoms with E-state index in [4.69, 9.17) is 16.3 Å². The van der Waals surface area contributed by atoms with Crippen LogP contribution in [0.15, 0.2) is 18.2 Å². The minimum absolute atomic E-state index is 0.723. The normalized spacial score (nSPS) is 16.6. The molecule has 3 nitrogen and oxygen atoms in total. The maximum Gasteiger partial charge on any atom is 0.0587 e. The molecule has 1 N–H and O–H groups in total. The molecule has 0 aliphatic carbocycles. The van der Waals surface area contributed by atoms with Crippen LogP contribution in [0.5, 0.6) is 0 Å². The van der Waals surface area contributed by atoms with Gasteiger partial charge in [-0.15, -0.1) is 0 Å². The number of ether oxygens (including phenoxy) is 1. The molecule has 0 amide bonds. The smallest absolute Gasteiger partial charge is 0.0587 e.